The summed E-state index contributed by atoms with van der Waals surface area (Å²) in [5.74, 6) is 0. The van der Waals surface area contributed by atoms with E-state index in [0.29, 0.717) is 12.2 Å². The predicted octanol–water partition coefficient (Wildman–Crippen LogP) is 2.60. The number of aromatic nitrogens is 1. The molecule has 0 bridgehead atoms. The predicted molar refractivity (Wildman–Crippen MR) is 83.9 cm³/mol. The Morgan fingerprint density at radius 1 is 1.19 bits per heavy atom. The first-order chi connectivity index (χ1) is 9.88. The minimum Gasteiger partial charge on any atom is -0.305 e. The van der Waals surface area contributed by atoms with Crippen LogP contribution in [-0.2, 0) is 16.6 Å². The van der Waals surface area contributed by atoms with Crippen molar-refractivity contribution in [2.24, 2.45) is 0 Å². The molecular weight excluding hydrogens is 310 g/mol. The van der Waals surface area contributed by atoms with E-state index < -0.39 is 10.0 Å². The van der Waals surface area contributed by atoms with Crippen LogP contribution in [0.5, 0.6) is 0 Å². The molecule has 1 aromatic carbocycles. The van der Waals surface area contributed by atoms with Crippen LogP contribution in [0.1, 0.15) is 5.56 Å². The van der Waals surface area contributed by atoms with Crippen LogP contribution in [0.25, 0.3) is 0 Å². The van der Waals surface area contributed by atoms with Crippen molar-refractivity contribution in [3.63, 3.8) is 0 Å². The van der Waals surface area contributed by atoms with Crippen LogP contribution in [0.2, 0.25) is 5.15 Å². The molecule has 1 aromatic heterocycles. The van der Waals surface area contributed by atoms with E-state index in [4.69, 9.17) is 11.6 Å². The molecule has 0 aliphatic rings. The Hall–Kier alpha value is -1.63. The van der Waals surface area contributed by atoms with Gasteiger partial charge in [0, 0.05) is 12.7 Å². The lowest BCUT2D eigenvalue weighted by Crippen LogP contribution is -2.17. The van der Waals surface area contributed by atoms with Gasteiger partial charge in [-0.15, -0.1) is 0 Å². The lowest BCUT2D eigenvalue weighted by Gasteiger charge is -2.15. The van der Waals surface area contributed by atoms with Crippen LogP contribution < -0.4 is 4.72 Å². The second-order valence-corrected chi connectivity index (χ2v) is 6.89. The topological polar surface area (TPSA) is 62.3 Å². The van der Waals surface area contributed by atoms with Crippen molar-refractivity contribution in [2.45, 2.75) is 11.4 Å². The van der Waals surface area contributed by atoms with Crippen molar-refractivity contribution in [3.05, 3.63) is 53.3 Å². The molecule has 0 saturated carbocycles. The number of hydrogen-bond donors (Lipinski definition) is 1. The third-order valence-corrected chi connectivity index (χ3v) is 4.33. The second kappa shape index (κ2) is 6.43. The monoisotopic (exact) mass is 325 g/mol. The number of nitrogens with one attached hydrogen (secondary N) is 1. The number of pyridine rings is 1. The average molecular weight is 326 g/mol. The van der Waals surface area contributed by atoms with Crippen LogP contribution in [0.3, 0.4) is 0 Å². The number of rotatable bonds is 5. The zero-order valence-electron chi connectivity index (χ0n) is 11.7. The first-order valence-corrected chi connectivity index (χ1v) is 8.11. The highest BCUT2D eigenvalue weighted by molar-refractivity contribution is 7.92. The second-order valence-electron chi connectivity index (χ2n) is 4.82. The Balaban J connectivity index is 2.30. The van der Waals surface area contributed by atoms with Crippen LogP contribution in [0, 0.1) is 0 Å². The SMILES string of the molecule is CN(C)Cc1ccccc1NS(=O)(=O)c1ccc(Cl)nc1. The Kier molecular flexibility index (Phi) is 4.82. The minimum absolute atomic E-state index is 0.0755. The molecule has 5 nitrogen and oxygen atoms in total. The van der Waals surface area contributed by atoms with Crippen LogP contribution in [0.15, 0.2) is 47.5 Å². The molecule has 2 rings (SSSR count). The van der Waals surface area contributed by atoms with E-state index in [1.807, 2.05) is 31.1 Å². The van der Waals surface area contributed by atoms with Crippen LogP contribution in [0.4, 0.5) is 5.69 Å². The maximum Gasteiger partial charge on any atom is 0.263 e. The molecule has 1 N–H and O–H groups in total. The zero-order valence-corrected chi connectivity index (χ0v) is 13.3. The molecule has 21 heavy (non-hydrogen) atoms. The molecule has 0 spiro atoms. The van der Waals surface area contributed by atoms with Crippen molar-refractivity contribution in [2.75, 3.05) is 18.8 Å². The fourth-order valence-corrected chi connectivity index (χ4v) is 2.98. The van der Waals surface area contributed by atoms with Crippen LogP contribution in [-0.4, -0.2) is 32.4 Å². The van der Waals surface area contributed by atoms with Gasteiger partial charge in [0.05, 0.1) is 5.69 Å². The number of halogens is 1. The van der Waals surface area contributed by atoms with Crippen molar-refractivity contribution in [3.8, 4) is 0 Å². The fourth-order valence-electron chi connectivity index (χ4n) is 1.82. The van der Waals surface area contributed by atoms with Crippen molar-refractivity contribution in [1.82, 2.24) is 9.88 Å². The maximum atomic E-state index is 12.3. The molecule has 0 aliphatic heterocycles. The van der Waals surface area contributed by atoms with E-state index in [9.17, 15) is 8.42 Å². The molecule has 0 unspecified atom stereocenters. The third kappa shape index (κ3) is 4.17. The van der Waals surface area contributed by atoms with E-state index in [0.717, 1.165) is 5.56 Å². The molecule has 112 valence electrons. The van der Waals surface area contributed by atoms with Gasteiger partial charge in [-0.2, -0.15) is 0 Å². The van der Waals surface area contributed by atoms with Gasteiger partial charge >= 0.3 is 0 Å². The lowest BCUT2D eigenvalue weighted by molar-refractivity contribution is 0.403. The third-order valence-electron chi connectivity index (χ3n) is 2.76. The number of anilines is 1. The maximum absolute atomic E-state index is 12.3. The number of nitrogens with zero attached hydrogens (tertiary/aromatic N) is 2. The normalized spacial score (nSPS) is 11.6. The summed E-state index contributed by atoms with van der Waals surface area (Å²) in [5.41, 5.74) is 1.45. The first-order valence-electron chi connectivity index (χ1n) is 6.25. The number of para-hydroxylation sites is 1. The molecule has 0 atom stereocenters. The molecule has 2 aromatic rings. The average Bonchev–Trinajstić information content (AvgIpc) is 2.40. The summed E-state index contributed by atoms with van der Waals surface area (Å²) >= 11 is 5.67. The van der Waals surface area contributed by atoms with Gasteiger partial charge in [-0.1, -0.05) is 29.8 Å². The van der Waals surface area contributed by atoms with Crippen molar-refractivity contribution < 1.29 is 8.42 Å². The lowest BCUT2D eigenvalue weighted by atomic mass is 10.2. The number of benzene rings is 1. The fraction of sp³-hybridized carbons (Fsp3) is 0.214. The highest BCUT2D eigenvalue weighted by Gasteiger charge is 2.16. The molecule has 0 fully saturated rings. The molecule has 0 radical (unpaired) electrons. The zero-order chi connectivity index (χ0) is 15.5. The standard InChI is InChI=1S/C14H16ClN3O2S/c1-18(2)10-11-5-3-4-6-13(11)17-21(19,20)12-7-8-14(15)16-9-12/h3-9,17H,10H2,1-2H3. The summed E-state index contributed by atoms with van der Waals surface area (Å²) in [4.78, 5) is 5.84. The Bertz CT molecular complexity index is 715. The van der Waals surface area contributed by atoms with Gasteiger partial charge in [-0.3, -0.25) is 4.72 Å². The van der Waals surface area contributed by atoms with E-state index in [1.54, 1.807) is 12.1 Å². The Morgan fingerprint density at radius 3 is 2.52 bits per heavy atom. The quantitative estimate of drug-likeness (QED) is 0.858. The minimum atomic E-state index is -3.68. The summed E-state index contributed by atoms with van der Waals surface area (Å²) in [7, 11) is 0.172. The van der Waals surface area contributed by atoms with Gasteiger partial charge in [0.1, 0.15) is 10.0 Å². The van der Waals surface area contributed by atoms with Gasteiger partial charge in [0.25, 0.3) is 10.0 Å². The molecule has 7 heteroatoms. The smallest absolute Gasteiger partial charge is 0.263 e. The molecule has 0 saturated heterocycles. The van der Waals surface area contributed by atoms with E-state index in [-0.39, 0.29) is 10.0 Å². The largest absolute Gasteiger partial charge is 0.305 e. The van der Waals surface area contributed by atoms with E-state index >= 15 is 0 Å². The molecule has 1 heterocycles. The number of hydrogen-bond acceptors (Lipinski definition) is 4. The molecular formula is C14H16ClN3O2S. The summed E-state index contributed by atoms with van der Waals surface area (Å²) in [6, 6.07) is 10.2. The summed E-state index contributed by atoms with van der Waals surface area (Å²) in [6.45, 7) is 0.636. The Labute approximate surface area is 129 Å². The first kappa shape index (κ1) is 15.8. The van der Waals surface area contributed by atoms with Gasteiger partial charge in [0.2, 0.25) is 0 Å². The van der Waals surface area contributed by atoms with Crippen LogP contribution >= 0.6 is 11.6 Å². The Morgan fingerprint density at radius 2 is 1.90 bits per heavy atom. The summed E-state index contributed by atoms with van der Waals surface area (Å²) < 4.78 is 27.3. The van der Waals surface area contributed by atoms with Crippen molar-refractivity contribution in [1.29, 1.82) is 0 Å². The molecule has 0 aliphatic carbocycles. The summed E-state index contributed by atoms with van der Waals surface area (Å²) in [5, 5.41) is 0.252. The number of sulfonamides is 1. The van der Waals surface area contributed by atoms with Gasteiger partial charge < -0.3 is 4.90 Å². The highest BCUT2D eigenvalue weighted by Crippen LogP contribution is 2.21. The summed E-state index contributed by atoms with van der Waals surface area (Å²) in [6.07, 6.45) is 1.24. The van der Waals surface area contributed by atoms with E-state index in [1.165, 1.54) is 18.3 Å². The van der Waals surface area contributed by atoms with Gasteiger partial charge in [0.15, 0.2) is 0 Å². The van der Waals surface area contributed by atoms with Gasteiger partial charge in [-0.05, 0) is 37.9 Å². The van der Waals surface area contributed by atoms with Crippen molar-refractivity contribution >= 4 is 27.3 Å². The van der Waals surface area contributed by atoms with Gasteiger partial charge in [-0.25, -0.2) is 13.4 Å². The molecule has 0 amide bonds. The van der Waals surface area contributed by atoms with E-state index in [2.05, 4.69) is 9.71 Å². The highest BCUT2D eigenvalue weighted by atomic mass is 35.5.